The molecule has 4 heteroatoms. The van der Waals surface area contributed by atoms with E-state index in [1.54, 1.807) is 0 Å². The Morgan fingerprint density at radius 2 is 1.95 bits per heavy atom. The molecule has 0 saturated carbocycles. The summed E-state index contributed by atoms with van der Waals surface area (Å²) < 4.78 is 3.16. The molecule has 2 aromatic carbocycles. The van der Waals surface area contributed by atoms with E-state index >= 15 is 0 Å². The van der Waals surface area contributed by atoms with E-state index in [1.807, 2.05) is 12.4 Å². The maximum absolute atomic E-state index is 4.32. The summed E-state index contributed by atoms with van der Waals surface area (Å²) in [5.41, 5.74) is 1.11. The molecule has 3 nitrogen and oxygen atoms in total. The third-order valence-electron chi connectivity index (χ3n) is 3.04. The van der Waals surface area contributed by atoms with Crippen LogP contribution in [0.4, 0.5) is 5.95 Å². The van der Waals surface area contributed by atoms with Gasteiger partial charge in [0.25, 0.3) is 0 Å². The first kappa shape index (κ1) is 12.2. The van der Waals surface area contributed by atoms with E-state index in [9.17, 15) is 0 Å². The van der Waals surface area contributed by atoms with Gasteiger partial charge in [-0.1, -0.05) is 28.1 Å². The molecular weight excluding hydrogens is 302 g/mol. The number of benzene rings is 2. The van der Waals surface area contributed by atoms with Crippen molar-refractivity contribution < 1.29 is 0 Å². The number of hydrogen-bond donors (Lipinski definition) is 1. The monoisotopic (exact) mass is 315 g/mol. The number of nitrogens with zero attached hydrogens (tertiary/aromatic N) is 2. The van der Waals surface area contributed by atoms with Crippen LogP contribution in [0.3, 0.4) is 0 Å². The smallest absolute Gasteiger partial charge is 0.207 e. The standard InChI is InChI=1S/C15H14BrN3/c1-2-17-15-18-7-8-19(15)14-6-4-11-9-13(16)5-3-12(11)10-14/h3-10H,2H2,1H3,(H,17,18). The molecule has 0 radical (unpaired) electrons. The van der Waals surface area contributed by atoms with E-state index in [1.165, 1.54) is 10.8 Å². The van der Waals surface area contributed by atoms with Crippen molar-refractivity contribution in [3.63, 3.8) is 0 Å². The van der Waals surface area contributed by atoms with Crippen LogP contribution < -0.4 is 5.32 Å². The molecule has 0 fully saturated rings. The molecule has 0 unspecified atom stereocenters. The van der Waals surface area contributed by atoms with Gasteiger partial charge < -0.3 is 5.32 Å². The van der Waals surface area contributed by atoms with Gasteiger partial charge in [-0.05, 0) is 42.0 Å². The number of anilines is 1. The predicted octanol–water partition coefficient (Wildman–Crippen LogP) is 4.22. The minimum absolute atomic E-state index is 0.859. The van der Waals surface area contributed by atoms with Crippen molar-refractivity contribution in [1.82, 2.24) is 9.55 Å². The zero-order valence-corrected chi connectivity index (χ0v) is 12.2. The lowest BCUT2D eigenvalue weighted by molar-refractivity contribution is 1.02. The van der Waals surface area contributed by atoms with Gasteiger partial charge in [-0.2, -0.15) is 0 Å². The van der Waals surface area contributed by atoms with E-state index in [-0.39, 0.29) is 0 Å². The average Bonchev–Trinajstić information content (AvgIpc) is 2.87. The van der Waals surface area contributed by atoms with Crippen molar-refractivity contribution in [2.45, 2.75) is 6.92 Å². The fourth-order valence-corrected chi connectivity index (χ4v) is 2.53. The highest BCUT2D eigenvalue weighted by molar-refractivity contribution is 9.10. The molecule has 0 aliphatic carbocycles. The second-order valence-corrected chi connectivity index (χ2v) is 5.24. The minimum atomic E-state index is 0.859. The molecule has 0 bridgehead atoms. The normalized spacial score (nSPS) is 10.8. The van der Waals surface area contributed by atoms with Crippen molar-refractivity contribution in [1.29, 1.82) is 0 Å². The van der Waals surface area contributed by atoms with Crippen molar-refractivity contribution in [2.24, 2.45) is 0 Å². The summed E-state index contributed by atoms with van der Waals surface area (Å²) in [6.45, 7) is 2.93. The molecule has 0 saturated heterocycles. The topological polar surface area (TPSA) is 29.9 Å². The van der Waals surface area contributed by atoms with E-state index < -0.39 is 0 Å². The van der Waals surface area contributed by atoms with E-state index in [0.717, 1.165) is 22.7 Å². The molecule has 96 valence electrons. The zero-order chi connectivity index (χ0) is 13.2. The van der Waals surface area contributed by atoms with Gasteiger partial charge in [-0.15, -0.1) is 0 Å². The van der Waals surface area contributed by atoms with Gasteiger partial charge in [0.1, 0.15) is 0 Å². The maximum atomic E-state index is 4.32. The van der Waals surface area contributed by atoms with E-state index in [0.29, 0.717) is 0 Å². The summed E-state index contributed by atoms with van der Waals surface area (Å²) in [6.07, 6.45) is 3.78. The molecule has 3 aromatic rings. The Hall–Kier alpha value is -1.81. The Labute approximate surface area is 120 Å². The van der Waals surface area contributed by atoms with E-state index in [2.05, 4.69) is 74.1 Å². The SMILES string of the molecule is CCNc1nccn1-c1ccc2cc(Br)ccc2c1. The van der Waals surface area contributed by atoms with Gasteiger partial charge in [0.05, 0.1) is 0 Å². The first-order valence-electron chi connectivity index (χ1n) is 6.25. The Balaban J connectivity index is 2.10. The van der Waals surface area contributed by atoms with Gasteiger partial charge in [0.15, 0.2) is 0 Å². The molecule has 0 spiro atoms. The first-order valence-corrected chi connectivity index (χ1v) is 7.04. The van der Waals surface area contributed by atoms with E-state index in [4.69, 9.17) is 0 Å². The van der Waals surface area contributed by atoms with Crippen LogP contribution in [-0.2, 0) is 0 Å². The van der Waals surface area contributed by atoms with Crippen molar-refractivity contribution >= 4 is 32.7 Å². The largest absolute Gasteiger partial charge is 0.356 e. The van der Waals surface area contributed by atoms with Gasteiger partial charge in [-0.3, -0.25) is 4.57 Å². The molecule has 0 aliphatic rings. The van der Waals surface area contributed by atoms with Crippen LogP contribution in [0.25, 0.3) is 16.5 Å². The molecule has 0 aliphatic heterocycles. The number of rotatable bonds is 3. The zero-order valence-electron chi connectivity index (χ0n) is 10.6. The second-order valence-electron chi connectivity index (χ2n) is 4.33. The molecule has 1 N–H and O–H groups in total. The highest BCUT2D eigenvalue weighted by atomic mass is 79.9. The molecular formula is C15H14BrN3. The Bertz CT molecular complexity index is 718. The predicted molar refractivity (Wildman–Crippen MR) is 82.9 cm³/mol. The Morgan fingerprint density at radius 3 is 2.79 bits per heavy atom. The molecule has 19 heavy (non-hydrogen) atoms. The van der Waals surface area contributed by atoms with Crippen LogP contribution in [-0.4, -0.2) is 16.1 Å². The van der Waals surface area contributed by atoms with Crippen LogP contribution >= 0.6 is 15.9 Å². The van der Waals surface area contributed by atoms with Crippen LogP contribution in [0, 0.1) is 0 Å². The fraction of sp³-hybridized carbons (Fsp3) is 0.133. The molecule has 0 atom stereocenters. The number of imidazole rings is 1. The lowest BCUT2D eigenvalue weighted by Crippen LogP contribution is -2.04. The minimum Gasteiger partial charge on any atom is -0.356 e. The lowest BCUT2D eigenvalue weighted by Gasteiger charge is -2.09. The number of hydrogen-bond acceptors (Lipinski definition) is 2. The van der Waals surface area contributed by atoms with Crippen LogP contribution in [0.2, 0.25) is 0 Å². The van der Waals surface area contributed by atoms with Crippen LogP contribution in [0.15, 0.2) is 53.3 Å². The second kappa shape index (κ2) is 5.05. The molecule has 1 aromatic heterocycles. The summed E-state index contributed by atoms with van der Waals surface area (Å²) >= 11 is 3.50. The summed E-state index contributed by atoms with van der Waals surface area (Å²) in [5, 5.41) is 5.70. The Morgan fingerprint density at radius 1 is 1.16 bits per heavy atom. The maximum Gasteiger partial charge on any atom is 0.207 e. The van der Waals surface area contributed by atoms with Crippen LogP contribution in [0.1, 0.15) is 6.92 Å². The van der Waals surface area contributed by atoms with Crippen LogP contribution in [0.5, 0.6) is 0 Å². The van der Waals surface area contributed by atoms with Gasteiger partial charge in [-0.25, -0.2) is 4.98 Å². The summed E-state index contributed by atoms with van der Waals surface area (Å²) in [5.74, 6) is 0.874. The third kappa shape index (κ3) is 2.36. The number of aromatic nitrogens is 2. The van der Waals surface area contributed by atoms with Crippen molar-refractivity contribution in [3.8, 4) is 5.69 Å². The van der Waals surface area contributed by atoms with Crippen molar-refractivity contribution in [2.75, 3.05) is 11.9 Å². The summed E-state index contributed by atoms with van der Waals surface area (Å²) in [4.78, 5) is 4.32. The lowest BCUT2D eigenvalue weighted by atomic mass is 10.1. The molecule has 3 rings (SSSR count). The number of halogens is 1. The number of nitrogens with one attached hydrogen (secondary N) is 1. The molecule has 0 amide bonds. The fourth-order valence-electron chi connectivity index (χ4n) is 2.15. The Kier molecular flexibility index (Phi) is 3.25. The van der Waals surface area contributed by atoms with Gasteiger partial charge >= 0.3 is 0 Å². The highest BCUT2D eigenvalue weighted by Crippen LogP contribution is 2.23. The quantitative estimate of drug-likeness (QED) is 0.784. The summed E-state index contributed by atoms with van der Waals surface area (Å²) in [6, 6.07) is 12.7. The van der Waals surface area contributed by atoms with Gasteiger partial charge in [0.2, 0.25) is 5.95 Å². The third-order valence-corrected chi connectivity index (χ3v) is 3.53. The summed E-state index contributed by atoms with van der Waals surface area (Å²) in [7, 11) is 0. The first-order chi connectivity index (χ1) is 9.28. The number of fused-ring (bicyclic) bond motifs is 1. The van der Waals surface area contributed by atoms with Crippen molar-refractivity contribution in [3.05, 3.63) is 53.3 Å². The van der Waals surface area contributed by atoms with Gasteiger partial charge in [0, 0.05) is 29.1 Å². The molecule has 1 heterocycles. The highest BCUT2D eigenvalue weighted by Gasteiger charge is 2.04. The average molecular weight is 316 g/mol.